The molecule has 1 aromatic carbocycles. The quantitative estimate of drug-likeness (QED) is 0.707. The van der Waals surface area contributed by atoms with Crippen LogP contribution in [-0.2, 0) is 10.0 Å². The Labute approximate surface area is 174 Å². The summed E-state index contributed by atoms with van der Waals surface area (Å²) in [5.74, 6) is 0.438. The van der Waals surface area contributed by atoms with E-state index in [4.69, 9.17) is 0 Å². The van der Waals surface area contributed by atoms with Crippen LogP contribution in [0.25, 0.3) is 0 Å². The van der Waals surface area contributed by atoms with Gasteiger partial charge in [-0.15, -0.1) is 12.4 Å². The van der Waals surface area contributed by atoms with E-state index >= 15 is 0 Å². The van der Waals surface area contributed by atoms with E-state index < -0.39 is 10.0 Å². The highest BCUT2D eigenvalue weighted by Gasteiger charge is 2.31. The van der Waals surface area contributed by atoms with Gasteiger partial charge in [-0.1, -0.05) is 31.6 Å². The molecule has 2 aliphatic heterocycles. The van der Waals surface area contributed by atoms with Crippen molar-refractivity contribution in [3.8, 4) is 0 Å². The summed E-state index contributed by atoms with van der Waals surface area (Å²) in [4.78, 5) is 12.7. The molecule has 0 bridgehead atoms. The van der Waals surface area contributed by atoms with Crippen LogP contribution < -0.4 is 10.6 Å². The standard InChI is InChI=1S/C20H29N3O3S.ClH/c1-15-10-16(2)14-23(13-15)27(25,26)19-5-3-4-18(11-19)20(24)22-12-17-6-8-21-9-7-17;/h3-6,11,15-16,21H,7-10,12-14H2,1-2H3,(H,22,24);1H. The van der Waals surface area contributed by atoms with Gasteiger partial charge in [0.15, 0.2) is 0 Å². The Bertz CT molecular complexity index is 816. The number of amides is 1. The number of carbonyl (C=O) groups is 1. The van der Waals surface area contributed by atoms with Crippen molar-refractivity contribution in [2.24, 2.45) is 11.8 Å². The molecule has 1 fully saturated rings. The number of hydrogen-bond acceptors (Lipinski definition) is 4. The van der Waals surface area contributed by atoms with E-state index in [1.54, 1.807) is 22.5 Å². The number of sulfonamides is 1. The highest BCUT2D eigenvalue weighted by atomic mass is 35.5. The van der Waals surface area contributed by atoms with Gasteiger partial charge in [-0.05, 0) is 49.4 Å². The smallest absolute Gasteiger partial charge is 0.251 e. The predicted octanol–water partition coefficient (Wildman–Crippen LogP) is 2.42. The molecule has 1 amide bonds. The molecule has 0 aliphatic carbocycles. The SMILES string of the molecule is CC1CC(C)CN(S(=O)(=O)c2cccc(C(=O)NCC3=CCNCC3)c2)C1.Cl. The van der Waals surface area contributed by atoms with Crippen LogP contribution in [0, 0.1) is 11.8 Å². The minimum atomic E-state index is -3.59. The average molecular weight is 428 g/mol. The average Bonchev–Trinajstić information content (AvgIpc) is 2.66. The zero-order chi connectivity index (χ0) is 19.4. The number of benzene rings is 1. The first-order chi connectivity index (χ1) is 12.9. The molecule has 2 atom stereocenters. The number of piperidine rings is 1. The van der Waals surface area contributed by atoms with Crippen molar-refractivity contribution >= 4 is 28.3 Å². The molecule has 8 heteroatoms. The van der Waals surface area contributed by atoms with Gasteiger partial charge in [-0.3, -0.25) is 4.79 Å². The van der Waals surface area contributed by atoms with Gasteiger partial charge in [0.25, 0.3) is 5.91 Å². The largest absolute Gasteiger partial charge is 0.348 e. The van der Waals surface area contributed by atoms with Crippen molar-refractivity contribution in [1.82, 2.24) is 14.9 Å². The van der Waals surface area contributed by atoms with Gasteiger partial charge in [0.1, 0.15) is 0 Å². The van der Waals surface area contributed by atoms with Crippen molar-refractivity contribution in [2.75, 3.05) is 32.7 Å². The first-order valence-electron chi connectivity index (χ1n) is 9.63. The first kappa shape index (κ1) is 22.9. The molecule has 2 aliphatic rings. The molecular formula is C20H30ClN3O3S. The number of carbonyl (C=O) groups excluding carboxylic acids is 1. The summed E-state index contributed by atoms with van der Waals surface area (Å²) in [6.45, 7) is 7.47. The lowest BCUT2D eigenvalue weighted by atomic mass is 9.94. The second-order valence-corrected chi connectivity index (χ2v) is 9.73. The van der Waals surface area contributed by atoms with E-state index in [1.807, 2.05) is 0 Å². The molecule has 3 rings (SSSR count). The molecule has 28 heavy (non-hydrogen) atoms. The monoisotopic (exact) mass is 427 g/mol. The number of nitrogens with zero attached hydrogens (tertiary/aromatic N) is 1. The van der Waals surface area contributed by atoms with E-state index in [1.165, 1.54) is 11.6 Å². The molecule has 2 heterocycles. The van der Waals surface area contributed by atoms with Crippen molar-refractivity contribution in [1.29, 1.82) is 0 Å². The molecular weight excluding hydrogens is 398 g/mol. The molecule has 1 saturated heterocycles. The fraction of sp³-hybridized carbons (Fsp3) is 0.550. The van der Waals surface area contributed by atoms with Gasteiger partial charge >= 0.3 is 0 Å². The molecule has 0 aromatic heterocycles. The molecule has 2 N–H and O–H groups in total. The summed E-state index contributed by atoms with van der Waals surface area (Å²) in [6.07, 6.45) is 4.04. The molecule has 0 radical (unpaired) electrons. The molecule has 0 spiro atoms. The topological polar surface area (TPSA) is 78.5 Å². The number of halogens is 1. The minimum Gasteiger partial charge on any atom is -0.348 e. The zero-order valence-electron chi connectivity index (χ0n) is 16.5. The molecule has 1 aromatic rings. The Kier molecular flexibility index (Phi) is 8.07. The van der Waals surface area contributed by atoms with Gasteiger partial charge < -0.3 is 10.6 Å². The summed E-state index contributed by atoms with van der Waals surface area (Å²) >= 11 is 0. The van der Waals surface area contributed by atoms with Gasteiger partial charge in [-0.25, -0.2) is 8.42 Å². The van der Waals surface area contributed by atoms with Crippen LogP contribution in [0.15, 0.2) is 40.8 Å². The van der Waals surface area contributed by atoms with Gasteiger partial charge in [-0.2, -0.15) is 4.31 Å². The number of hydrogen-bond donors (Lipinski definition) is 2. The lowest BCUT2D eigenvalue weighted by molar-refractivity contribution is 0.0956. The van der Waals surface area contributed by atoms with Gasteiger partial charge in [0.2, 0.25) is 10.0 Å². The van der Waals surface area contributed by atoms with E-state index in [9.17, 15) is 13.2 Å². The Morgan fingerprint density at radius 2 is 1.96 bits per heavy atom. The second-order valence-electron chi connectivity index (χ2n) is 7.80. The van der Waals surface area contributed by atoms with Gasteiger partial charge in [0, 0.05) is 31.7 Å². The predicted molar refractivity (Wildman–Crippen MR) is 113 cm³/mol. The Hall–Kier alpha value is -1.41. The van der Waals surface area contributed by atoms with Crippen LogP contribution in [0.2, 0.25) is 0 Å². The number of rotatable bonds is 5. The minimum absolute atomic E-state index is 0. The molecule has 6 nitrogen and oxygen atoms in total. The molecule has 156 valence electrons. The van der Waals surface area contributed by atoms with Crippen molar-refractivity contribution < 1.29 is 13.2 Å². The van der Waals surface area contributed by atoms with E-state index in [2.05, 4.69) is 30.6 Å². The third-order valence-electron chi connectivity index (χ3n) is 5.20. The van der Waals surface area contributed by atoms with Crippen LogP contribution >= 0.6 is 12.4 Å². The maximum Gasteiger partial charge on any atom is 0.251 e. The summed E-state index contributed by atoms with van der Waals surface area (Å²) in [5.41, 5.74) is 1.57. The Balaban J connectivity index is 0.00000280. The van der Waals surface area contributed by atoms with E-state index in [0.717, 1.165) is 25.9 Å². The lowest BCUT2D eigenvalue weighted by Crippen LogP contribution is -2.42. The summed E-state index contributed by atoms with van der Waals surface area (Å²) < 4.78 is 27.6. The van der Waals surface area contributed by atoms with Crippen molar-refractivity contribution in [3.05, 3.63) is 41.5 Å². The van der Waals surface area contributed by atoms with Gasteiger partial charge in [0.05, 0.1) is 4.90 Å². The fourth-order valence-electron chi connectivity index (χ4n) is 3.87. The zero-order valence-corrected chi connectivity index (χ0v) is 18.1. The van der Waals surface area contributed by atoms with Crippen LogP contribution in [0.3, 0.4) is 0 Å². The summed E-state index contributed by atoms with van der Waals surface area (Å²) in [5, 5.41) is 6.13. The van der Waals surface area contributed by atoms with Crippen LogP contribution in [0.4, 0.5) is 0 Å². The first-order valence-corrected chi connectivity index (χ1v) is 11.1. The maximum atomic E-state index is 13.0. The normalized spacial score (nSPS) is 23.4. The maximum absolute atomic E-state index is 13.0. The van der Waals surface area contributed by atoms with Crippen molar-refractivity contribution in [3.63, 3.8) is 0 Å². The van der Waals surface area contributed by atoms with Crippen molar-refractivity contribution in [2.45, 2.75) is 31.6 Å². The Morgan fingerprint density at radius 3 is 2.61 bits per heavy atom. The van der Waals surface area contributed by atoms with Crippen LogP contribution in [0.5, 0.6) is 0 Å². The highest BCUT2D eigenvalue weighted by molar-refractivity contribution is 7.89. The third kappa shape index (κ3) is 5.56. The Morgan fingerprint density at radius 1 is 1.25 bits per heavy atom. The van der Waals surface area contributed by atoms with E-state index in [0.29, 0.717) is 37.0 Å². The highest BCUT2D eigenvalue weighted by Crippen LogP contribution is 2.27. The third-order valence-corrected chi connectivity index (χ3v) is 7.03. The van der Waals surface area contributed by atoms with Crippen LogP contribution in [0.1, 0.15) is 37.0 Å². The second kappa shape index (κ2) is 9.87. The summed E-state index contributed by atoms with van der Waals surface area (Å²) in [6, 6.07) is 6.37. The molecule has 2 unspecified atom stereocenters. The molecule has 0 saturated carbocycles. The number of nitrogens with one attached hydrogen (secondary N) is 2. The lowest BCUT2D eigenvalue weighted by Gasteiger charge is -2.34. The van der Waals surface area contributed by atoms with Crippen LogP contribution in [-0.4, -0.2) is 51.4 Å². The fourth-order valence-corrected chi connectivity index (χ4v) is 5.60. The summed E-state index contributed by atoms with van der Waals surface area (Å²) in [7, 11) is -3.59. The van der Waals surface area contributed by atoms with E-state index in [-0.39, 0.29) is 23.2 Å².